The molecule has 0 spiro atoms. The number of alkyl halides is 1. The first-order valence-corrected chi connectivity index (χ1v) is 7.63. The third-order valence-corrected chi connectivity index (χ3v) is 4.42. The Morgan fingerprint density at radius 1 is 1.15 bits per heavy atom. The second kappa shape index (κ2) is 5.80. The van der Waals surface area contributed by atoms with Gasteiger partial charge in [0.25, 0.3) is 0 Å². The maximum Gasteiger partial charge on any atom is 0.176 e. The molecule has 0 saturated heterocycles. The molecule has 0 bridgehead atoms. The molecule has 0 amide bonds. The van der Waals surface area contributed by atoms with Crippen LogP contribution in [0.3, 0.4) is 0 Å². The molecule has 1 atom stereocenters. The number of hydrogen-bond acceptors (Lipinski definition) is 2. The van der Waals surface area contributed by atoms with Gasteiger partial charge in [-0.05, 0) is 36.1 Å². The van der Waals surface area contributed by atoms with Crippen molar-refractivity contribution < 1.29 is 9.53 Å². The van der Waals surface area contributed by atoms with Crippen molar-refractivity contribution in [2.75, 3.05) is 0 Å². The zero-order valence-corrected chi connectivity index (χ0v) is 12.6. The van der Waals surface area contributed by atoms with E-state index in [0.29, 0.717) is 6.61 Å². The fourth-order valence-electron chi connectivity index (χ4n) is 2.42. The summed E-state index contributed by atoms with van der Waals surface area (Å²) in [4.78, 5) is 12.1. The molecule has 0 aliphatic heterocycles. The smallest absolute Gasteiger partial charge is 0.176 e. The van der Waals surface area contributed by atoms with Crippen LogP contribution in [-0.2, 0) is 13.0 Å². The molecule has 1 aliphatic rings. The van der Waals surface area contributed by atoms with E-state index in [4.69, 9.17) is 4.74 Å². The highest BCUT2D eigenvalue weighted by Gasteiger charge is 2.25. The van der Waals surface area contributed by atoms with Crippen LogP contribution in [0, 0.1) is 0 Å². The second-order valence-electron chi connectivity index (χ2n) is 4.96. The van der Waals surface area contributed by atoms with E-state index in [0.717, 1.165) is 35.3 Å². The Morgan fingerprint density at radius 2 is 1.95 bits per heavy atom. The van der Waals surface area contributed by atoms with E-state index in [1.165, 1.54) is 0 Å². The predicted molar refractivity (Wildman–Crippen MR) is 82.6 cm³/mol. The number of hydrogen-bond donors (Lipinski definition) is 0. The van der Waals surface area contributed by atoms with Crippen molar-refractivity contribution in [2.45, 2.75) is 24.3 Å². The Kier molecular flexibility index (Phi) is 3.88. The maximum absolute atomic E-state index is 12.1. The van der Waals surface area contributed by atoms with E-state index in [2.05, 4.69) is 15.9 Å². The van der Waals surface area contributed by atoms with Crippen molar-refractivity contribution in [1.82, 2.24) is 0 Å². The van der Waals surface area contributed by atoms with Crippen LogP contribution < -0.4 is 4.74 Å². The first kappa shape index (κ1) is 13.4. The van der Waals surface area contributed by atoms with E-state index >= 15 is 0 Å². The summed E-state index contributed by atoms with van der Waals surface area (Å²) in [6, 6.07) is 15.8. The zero-order valence-electron chi connectivity index (χ0n) is 11.0. The number of carbonyl (C=O) groups is 1. The minimum Gasteiger partial charge on any atom is -0.489 e. The maximum atomic E-state index is 12.1. The van der Waals surface area contributed by atoms with Crippen molar-refractivity contribution in [3.63, 3.8) is 0 Å². The SMILES string of the molecule is O=C1c2cc(OCc3ccccc3)ccc2CCC1Br. The summed E-state index contributed by atoms with van der Waals surface area (Å²) >= 11 is 3.43. The van der Waals surface area contributed by atoms with Gasteiger partial charge in [0.2, 0.25) is 0 Å². The summed E-state index contributed by atoms with van der Waals surface area (Å²) < 4.78 is 5.77. The summed E-state index contributed by atoms with van der Waals surface area (Å²) in [5.74, 6) is 0.916. The van der Waals surface area contributed by atoms with Crippen LogP contribution in [0.4, 0.5) is 0 Å². The molecule has 2 aromatic carbocycles. The van der Waals surface area contributed by atoms with Gasteiger partial charge in [0.15, 0.2) is 5.78 Å². The summed E-state index contributed by atoms with van der Waals surface area (Å²) in [5.41, 5.74) is 3.04. The van der Waals surface area contributed by atoms with Gasteiger partial charge < -0.3 is 4.74 Å². The van der Waals surface area contributed by atoms with Gasteiger partial charge >= 0.3 is 0 Å². The minimum atomic E-state index is -0.0561. The number of benzene rings is 2. The van der Waals surface area contributed by atoms with Crippen molar-refractivity contribution in [2.24, 2.45) is 0 Å². The highest BCUT2D eigenvalue weighted by molar-refractivity contribution is 9.10. The van der Waals surface area contributed by atoms with Gasteiger partial charge in [-0.1, -0.05) is 52.3 Å². The summed E-state index contributed by atoms with van der Waals surface area (Å²) in [6.07, 6.45) is 1.81. The molecule has 2 nitrogen and oxygen atoms in total. The summed E-state index contributed by atoms with van der Waals surface area (Å²) in [6.45, 7) is 0.519. The third-order valence-electron chi connectivity index (χ3n) is 3.55. The van der Waals surface area contributed by atoms with E-state index in [1.807, 2.05) is 48.5 Å². The monoisotopic (exact) mass is 330 g/mol. The van der Waals surface area contributed by atoms with Gasteiger partial charge in [0, 0.05) is 5.56 Å². The molecule has 1 aliphatic carbocycles. The van der Waals surface area contributed by atoms with Gasteiger partial charge in [-0.2, -0.15) is 0 Å². The number of rotatable bonds is 3. The molecule has 0 heterocycles. The normalized spacial score (nSPS) is 17.6. The molecule has 0 saturated carbocycles. The molecule has 0 N–H and O–H groups in total. The van der Waals surface area contributed by atoms with Crippen LogP contribution in [0.15, 0.2) is 48.5 Å². The van der Waals surface area contributed by atoms with Crippen LogP contribution >= 0.6 is 15.9 Å². The number of ether oxygens (including phenoxy) is 1. The Balaban J connectivity index is 1.77. The predicted octanol–water partition coefficient (Wildman–Crippen LogP) is 4.16. The number of Topliss-reactive ketones (excluding diaryl/α,β-unsaturated/α-hetero) is 1. The quantitative estimate of drug-likeness (QED) is 0.790. The zero-order chi connectivity index (χ0) is 13.9. The highest BCUT2D eigenvalue weighted by atomic mass is 79.9. The molecule has 1 unspecified atom stereocenters. The van der Waals surface area contributed by atoms with Crippen molar-refractivity contribution in [3.8, 4) is 5.75 Å². The molecule has 0 radical (unpaired) electrons. The molecule has 0 aromatic heterocycles. The van der Waals surface area contributed by atoms with Crippen LogP contribution in [0.5, 0.6) is 5.75 Å². The standard InChI is InChI=1S/C17H15BrO2/c18-16-9-7-13-6-8-14(10-15(13)17(16)19)20-11-12-4-2-1-3-5-12/h1-6,8,10,16H,7,9,11H2. The lowest BCUT2D eigenvalue weighted by Crippen LogP contribution is -2.22. The minimum absolute atomic E-state index is 0.0561. The molecule has 20 heavy (non-hydrogen) atoms. The topological polar surface area (TPSA) is 26.3 Å². The molecule has 3 rings (SSSR count). The lowest BCUT2D eigenvalue weighted by molar-refractivity contribution is 0.0981. The highest BCUT2D eigenvalue weighted by Crippen LogP contribution is 2.29. The van der Waals surface area contributed by atoms with Gasteiger partial charge in [-0.25, -0.2) is 0 Å². The van der Waals surface area contributed by atoms with E-state index in [-0.39, 0.29) is 10.6 Å². The van der Waals surface area contributed by atoms with Crippen LogP contribution in [0.2, 0.25) is 0 Å². The number of fused-ring (bicyclic) bond motifs is 1. The van der Waals surface area contributed by atoms with Crippen molar-refractivity contribution in [1.29, 1.82) is 0 Å². The van der Waals surface area contributed by atoms with E-state index in [1.54, 1.807) is 0 Å². The number of carbonyl (C=O) groups excluding carboxylic acids is 1. The van der Waals surface area contributed by atoms with Crippen LogP contribution in [-0.4, -0.2) is 10.6 Å². The second-order valence-corrected chi connectivity index (χ2v) is 6.07. The molecule has 0 fully saturated rings. The number of halogens is 1. The Labute approximate surface area is 126 Å². The molecular formula is C17H15BrO2. The molecule has 2 aromatic rings. The summed E-state index contributed by atoms with van der Waals surface area (Å²) in [5, 5.41) is 0. The first-order valence-electron chi connectivity index (χ1n) is 6.72. The average molecular weight is 331 g/mol. The number of ketones is 1. The first-order chi connectivity index (χ1) is 9.74. The van der Waals surface area contributed by atoms with Crippen LogP contribution in [0.1, 0.15) is 27.9 Å². The molecular weight excluding hydrogens is 316 g/mol. The van der Waals surface area contributed by atoms with Gasteiger partial charge in [0.05, 0.1) is 4.83 Å². The Bertz CT molecular complexity index is 622. The molecule has 3 heteroatoms. The Hall–Kier alpha value is -1.61. The lowest BCUT2D eigenvalue weighted by Gasteiger charge is -2.19. The van der Waals surface area contributed by atoms with Crippen molar-refractivity contribution >= 4 is 21.7 Å². The van der Waals surface area contributed by atoms with Crippen molar-refractivity contribution in [3.05, 3.63) is 65.2 Å². The van der Waals surface area contributed by atoms with Gasteiger partial charge in [0.1, 0.15) is 12.4 Å². The van der Waals surface area contributed by atoms with Gasteiger partial charge in [-0.3, -0.25) is 4.79 Å². The average Bonchev–Trinajstić information content (AvgIpc) is 2.50. The fraction of sp³-hybridized carbons (Fsp3) is 0.235. The van der Waals surface area contributed by atoms with Gasteiger partial charge in [-0.15, -0.1) is 0 Å². The largest absolute Gasteiger partial charge is 0.489 e. The Morgan fingerprint density at radius 3 is 2.75 bits per heavy atom. The lowest BCUT2D eigenvalue weighted by atomic mass is 9.90. The number of aryl methyl sites for hydroxylation is 1. The van der Waals surface area contributed by atoms with E-state index in [9.17, 15) is 4.79 Å². The third kappa shape index (κ3) is 2.78. The van der Waals surface area contributed by atoms with Crippen LogP contribution in [0.25, 0.3) is 0 Å². The summed E-state index contributed by atoms with van der Waals surface area (Å²) in [7, 11) is 0. The molecule has 102 valence electrons. The van der Waals surface area contributed by atoms with E-state index < -0.39 is 0 Å². The fourth-order valence-corrected chi connectivity index (χ4v) is 2.89.